The van der Waals surface area contributed by atoms with Crippen molar-refractivity contribution in [2.24, 2.45) is 0 Å². The lowest BCUT2D eigenvalue weighted by molar-refractivity contribution is -0.120. The number of nitrogens with one attached hydrogen (secondary N) is 1. The second kappa shape index (κ2) is 4.94. The van der Waals surface area contributed by atoms with E-state index in [1.165, 1.54) is 4.90 Å². The molecule has 1 atom stereocenters. The maximum Gasteiger partial charge on any atom is 0.405 e. The zero-order valence-corrected chi connectivity index (χ0v) is 11.4. The van der Waals surface area contributed by atoms with Crippen molar-refractivity contribution in [3.8, 4) is 0 Å². The van der Waals surface area contributed by atoms with Crippen molar-refractivity contribution in [3.05, 3.63) is 23.3 Å². The highest BCUT2D eigenvalue weighted by Crippen LogP contribution is 2.36. The highest BCUT2D eigenvalue weighted by Gasteiger charge is 2.36. The van der Waals surface area contributed by atoms with Gasteiger partial charge in [0.2, 0.25) is 0 Å². The fourth-order valence-corrected chi connectivity index (χ4v) is 2.49. The molecule has 0 spiro atoms. The van der Waals surface area contributed by atoms with Crippen molar-refractivity contribution in [1.82, 2.24) is 0 Å². The molecular formula is C14H19F3N2. The average molecular weight is 272 g/mol. The number of hydrogen-bond donors (Lipinski definition) is 1. The monoisotopic (exact) mass is 272 g/mol. The summed E-state index contributed by atoms with van der Waals surface area (Å²) in [5, 5.41) is 3.24. The molecule has 1 aromatic carbocycles. The topological polar surface area (TPSA) is 15.3 Å². The van der Waals surface area contributed by atoms with Crippen molar-refractivity contribution in [3.63, 3.8) is 0 Å². The second-order valence-electron chi connectivity index (χ2n) is 5.14. The summed E-state index contributed by atoms with van der Waals surface area (Å²) in [4.78, 5) is 1.48. The van der Waals surface area contributed by atoms with Crippen LogP contribution in [0, 0.1) is 13.8 Å². The first-order valence-electron chi connectivity index (χ1n) is 6.50. The molecule has 1 unspecified atom stereocenters. The molecule has 1 N–H and O–H groups in total. The van der Waals surface area contributed by atoms with Crippen LogP contribution < -0.4 is 10.2 Å². The van der Waals surface area contributed by atoms with Gasteiger partial charge in [0.25, 0.3) is 0 Å². The highest BCUT2D eigenvalue weighted by atomic mass is 19.4. The average Bonchev–Trinajstić information content (AvgIpc) is 2.30. The molecule has 0 amide bonds. The summed E-state index contributed by atoms with van der Waals surface area (Å²) in [5.74, 6) is 0. The first-order chi connectivity index (χ1) is 8.81. The van der Waals surface area contributed by atoms with E-state index < -0.39 is 12.7 Å². The number of aryl methyl sites for hydroxylation is 2. The van der Waals surface area contributed by atoms with Gasteiger partial charge < -0.3 is 10.2 Å². The number of halogens is 3. The molecule has 2 nitrogen and oxygen atoms in total. The van der Waals surface area contributed by atoms with E-state index in [4.69, 9.17) is 0 Å². The van der Waals surface area contributed by atoms with Gasteiger partial charge in [-0.1, -0.05) is 6.92 Å². The summed E-state index contributed by atoms with van der Waals surface area (Å²) >= 11 is 0. The van der Waals surface area contributed by atoms with Crippen LogP contribution in [0.4, 0.5) is 24.5 Å². The van der Waals surface area contributed by atoms with E-state index in [1.54, 1.807) is 0 Å². The fraction of sp³-hybridized carbons (Fsp3) is 0.571. The van der Waals surface area contributed by atoms with Crippen LogP contribution in [0.1, 0.15) is 24.5 Å². The van der Waals surface area contributed by atoms with Crippen molar-refractivity contribution < 1.29 is 13.2 Å². The van der Waals surface area contributed by atoms with Gasteiger partial charge in [-0.15, -0.1) is 0 Å². The van der Waals surface area contributed by atoms with E-state index in [0.29, 0.717) is 18.7 Å². The summed E-state index contributed by atoms with van der Waals surface area (Å²) in [7, 11) is 0. The van der Waals surface area contributed by atoms with E-state index in [-0.39, 0.29) is 6.04 Å². The number of fused-ring (bicyclic) bond motifs is 1. The maximum absolute atomic E-state index is 12.8. The first-order valence-corrected chi connectivity index (χ1v) is 6.50. The molecule has 19 heavy (non-hydrogen) atoms. The Kier molecular flexibility index (Phi) is 3.65. The Labute approximate surface area is 111 Å². The number of rotatable bonds is 2. The lowest BCUT2D eigenvalue weighted by Crippen LogP contribution is -2.48. The summed E-state index contributed by atoms with van der Waals surface area (Å²) in [6.07, 6.45) is -3.49. The van der Waals surface area contributed by atoms with Crippen molar-refractivity contribution in [2.45, 2.75) is 39.4 Å². The molecule has 106 valence electrons. The van der Waals surface area contributed by atoms with E-state index in [0.717, 1.165) is 16.8 Å². The van der Waals surface area contributed by atoms with Gasteiger partial charge >= 0.3 is 6.18 Å². The van der Waals surface area contributed by atoms with Gasteiger partial charge in [0.1, 0.15) is 6.54 Å². The Morgan fingerprint density at radius 3 is 2.47 bits per heavy atom. The van der Waals surface area contributed by atoms with Crippen molar-refractivity contribution in [2.75, 3.05) is 23.3 Å². The normalized spacial score (nSPS) is 19.1. The van der Waals surface area contributed by atoms with Crippen LogP contribution >= 0.6 is 0 Å². The number of alkyl halides is 3. The number of anilines is 2. The van der Waals surface area contributed by atoms with Gasteiger partial charge in [-0.05, 0) is 43.5 Å². The highest BCUT2D eigenvalue weighted by molar-refractivity contribution is 5.75. The zero-order valence-electron chi connectivity index (χ0n) is 11.4. The van der Waals surface area contributed by atoms with Gasteiger partial charge in [0.05, 0.1) is 11.4 Å². The Morgan fingerprint density at radius 2 is 1.89 bits per heavy atom. The minimum absolute atomic E-state index is 0.115. The third-order valence-corrected chi connectivity index (χ3v) is 3.71. The number of benzene rings is 1. The SMILES string of the molecule is CCC1CNc2cc(C)c(C)cc2N1CC(F)(F)F. The number of nitrogens with zero attached hydrogens (tertiary/aromatic N) is 1. The Bertz CT molecular complexity index is 468. The summed E-state index contributed by atoms with van der Waals surface area (Å²) in [6, 6.07) is 3.67. The van der Waals surface area contributed by atoms with Crippen LogP contribution in [0.25, 0.3) is 0 Å². The predicted octanol–water partition coefficient (Wildman–Crippen LogP) is 3.88. The molecular weight excluding hydrogens is 253 g/mol. The standard InChI is InChI=1S/C14H19F3N2/c1-4-11-7-18-12-5-9(2)10(3)6-13(12)19(11)8-14(15,16)17/h5-6,11,18H,4,7-8H2,1-3H3. The molecule has 0 saturated carbocycles. The molecule has 1 aromatic rings. The van der Waals surface area contributed by atoms with E-state index in [2.05, 4.69) is 5.32 Å². The van der Waals surface area contributed by atoms with E-state index in [9.17, 15) is 13.2 Å². The van der Waals surface area contributed by atoms with Gasteiger partial charge in [0, 0.05) is 12.6 Å². The van der Waals surface area contributed by atoms with Crippen LogP contribution in [-0.2, 0) is 0 Å². The summed E-state index contributed by atoms with van der Waals surface area (Å²) < 4.78 is 38.3. The molecule has 2 rings (SSSR count). The van der Waals surface area contributed by atoms with Crippen LogP contribution in [0.15, 0.2) is 12.1 Å². The lowest BCUT2D eigenvalue weighted by atomic mass is 10.0. The third-order valence-electron chi connectivity index (χ3n) is 3.71. The van der Waals surface area contributed by atoms with Crippen LogP contribution in [0.2, 0.25) is 0 Å². The summed E-state index contributed by atoms with van der Waals surface area (Å²) in [6.45, 7) is 5.49. The van der Waals surface area contributed by atoms with Crippen molar-refractivity contribution in [1.29, 1.82) is 0 Å². The first kappa shape index (κ1) is 14.0. The smallest absolute Gasteiger partial charge is 0.381 e. The molecule has 0 aromatic heterocycles. The van der Waals surface area contributed by atoms with Gasteiger partial charge in [-0.25, -0.2) is 0 Å². The lowest BCUT2D eigenvalue weighted by Gasteiger charge is -2.40. The van der Waals surface area contributed by atoms with Crippen LogP contribution in [-0.4, -0.2) is 25.3 Å². The molecule has 0 saturated heterocycles. The third kappa shape index (κ3) is 2.96. The van der Waals surface area contributed by atoms with Gasteiger partial charge in [-0.2, -0.15) is 13.2 Å². The van der Waals surface area contributed by atoms with Gasteiger partial charge in [0.15, 0.2) is 0 Å². The van der Waals surface area contributed by atoms with Gasteiger partial charge in [-0.3, -0.25) is 0 Å². The van der Waals surface area contributed by atoms with E-state index in [1.807, 2.05) is 32.9 Å². The molecule has 1 aliphatic rings. The van der Waals surface area contributed by atoms with Crippen LogP contribution in [0.5, 0.6) is 0 Å². The second-order valence-corrected chi connectivity index (χ2v) is 5.14. The molecule has 1 aliphatic heterocycles. The Morgan fingerprint density at radius 1 is 1.26 bits per heavy atom. The molecule has 0 bridgehead atoms. The molecule has 1 heterocycles. The number of hydrogen-bond acceptors (Lipinski definition) is 2. The molecule has 0 radical (unpaired) electrons. The maximum atomic E-state index is 12.8. The minimum atomic E-state index is -4.18. The largest absolute Gasteiger partial charge is 0.405 e. The Hall–Kier alpha value is -1.39. The predicted molar refractivity (Wildman–Crippen MR) is 71.9 cm³/mol. The van der Waals surface area contributed by atoms with E-state index >= 15 is 0 Å². The van der Waals surface area contributed by atoms with Crippen molar-refractivity contribution >= 4 is 11.4 Å². The quantitative estimate of drug-likeness (QED) is 0.879. The fourth-order valence-electron chi connectivity index (χ4n) is 2.49. The molecule has 0 aliphatic carbocycles. The zero-order chi connectivity index (χ0) is 14.2. The molecule has 0 fully saturated rings. The minimum Gasteiger partial charge on any atom is -0.381 e. The molecule has 5 heteroatoms. The summed E-state index contributed by atoms with van der Waals surface area (Å²) in [5.41, 5.74) is 3.58. The Balaban J connectivity index is 2.42. The van der Waals surface area contributed by atoms with Crippen LogP contribution in [0.3, 0.4) is 0 Å².